The minimum Gasteiger partial charge on any atom is -0.446 e. The van der Waals surface area contributed by atoms with E-state index in [1.807, 2.05) is 31.2 Å². The average molecular weight is 274 g/mol. The molecule has 0 atom stereocenters. The molecule has 2 rings (SSSR count). The van der Waals surface area contributed by atoms with Gasteiger partial charge in [-0.25, -0.2) is 0 Å². The molecular weight excluding hydrogens is 256 g/mol. The molecule has 20 heavy (non-hydrogen) atoms. The third kappa shape index (κ3) is 3.76. The van der Waals surface area contributed by atoms with Crippen LogP contribution in [0.1, 0.15) is 36.8 Å². The highest BCUT2D eigenvalue weighted by Gasteiger charge is 2.35. The van der Waals surface area contributed by atoms with Gasteiger partial charge in [0.2, 0.25) is 6.10 Å². The lowest BCUT2D eigenvalue weighted by Gasteiger charge is -2.09. The van der Waals surface area contributed by atoms with Crippen LogP contribution in [0.5, 0.6) is 0 Å². The normalized spacial score (nSPS) is 15.7. The molecule has 0 heterocycles. The SMILES string of the molecule is Cc1ccc(CCCC(=O)OC2C(=O)CCC2=O)cc1. The summed E-state index contributed by atoms with van der Waals surface area (Å²) in [4.78, 5) is 34.3. The largest absolute Gasteiger partial charge is 0.446 e. The second kappa shape index (κ2) is 6.46. The first-order chi connectivity index (χ1) is 9.56. The van der Waals surface area contributed by atoms with E-state index in [1.165, 1.54) is 5.56 Å². The summed E-state index contributed by atoms with van der Waals surface area (Å²) in [6.45, 7) is 2.02. The second-order valence-electron chi connectivity index (χ2n) is 5.14. The molecule has 0 aliphatic heterocycles. The Morgan fingerprint density at radius 3 is 2.35 bits per heavy atom. The predicted molar refractivity (Wildman–Crippen MR) is 73.2 cm³/mol. The fourth-order valence-electron chi connectivity index (χ4n) is 2.20. The Morgan fingerprint density at radius 1 is 1.15 bits per heavy atom. The molecule has 0 spiro atoms. The number of benzene rings is 1. The van der Waals surface area contributed by atoms with Crippen molar-refractivity contribution >= 4 is 17.5 Å². The zero-order valence-corrected chi connectivity index (χ0v) is 11.6. The molecule has 1 fully saturated rings. The van der Waals surface area contributed by atoms with Gasteiger partial charge in [-0.3, -0.25) is 14.4 Å². The van der Waals surface area contributed by atoms with Gasteiger partial charge in [0.1, 0.15) is 0 Å². The maximum absolute atomic E-state index is 11.6. The van der Waals surface area contributed by atoms with Gasteiger partial charge >= 0.3 is 5.97 Å². The number of hydrogen-bond donors (Lipinski definition) is 0. The molecule has 0 radical (unpaired) electrons. The van der Waals surface area contributed by atoms with E-state index in [0.717, 1.165) is 12.0 Å². The highest BCUT2D eigenvalue weighted by Crippen LogP contribution is 2.15. The molecule has 1 aromatic carbocycles. The summed E-state index contributed by atoms with van der Waals surface area (Å²) in [6, 6.07) is 8.13. The Balaban J connectivity index is 1.74. The smallest absolute Gasteiger partial charge is 0.306 e. The van der Waals surface area contributed by atoms with Crippen LogP contribution in [-0.2, 0) is 25.5 Å². The van der Waals surface area contributed by atoms with Crippen LogP contribution in [0.3, 0.4) is 0 Å². The fraction of sp³-hybridized carbons (Fsp3) is 0.438. The van der Waals surface area contributed by atoms with E-state index < -0.39 is 12.1 Å². The monoisotopic (exact) mass is 274 g/mol. The van der Waals surface area contributed by atoms with E-state index in [0.29, 0.717) is 6.42 Å². The summed E-state index contributed by atoms with van der Waals surface area (Å²) in [5.74, 6) is -1.02. The van der Waals surface area contributed by atoms with Gasteiger partial charge in [-0.05, 0) is 25.3 Å². The van der Waals surface area contributed by atoms with Gasteiger partial charge in [0.15, 0.2) is 11.6 Å². The Morgan fingerprint density at radius 2 is 1.75 bits per heavy atom. The van der Waals surface area contributed by atoms with Crippen molar-refractivity contribution in [3.05, 3.63) is 35.4 Å². The fourth-order valence-corrected chi connectivity index (χ4v) is 2.20. The van der Waals surface area contributed by atoms with E-state index in [2.05, 4.69) is 0 Å². The van der Waals surface area contributed by atoms with Crippen LogP contribution in [0.2, 0.25) is 0 Å². The number of ketones is 2. The number of hydrogen-bond acceptors (Lipinski definition) is 4. The first kappa shape index (κ1) is 14.4. The number of esters is 1. The Labute approximate surface area is 118 Å². The molecular formula is C16H18O4. The van der Waals surface area contributed by atoms with E-state index in [-0.39, 0.29) is 30.8 Å². The molecule has 0 aromatic heterocycles. The molecule has 0 N–H and O–H groups in total. The van der Waals surface area contributed by atoms with Crippen molar-refractivity contribution in [1.29, 1.82) is 0 Å². The van der Waals surface area contributed by atoms with Crippen molar-refractivity contribution in [1.82, 2.24) is 0 Å². The van der Waals surface area contributed by atoms with Crippen molar-refractivity contribution in [2.24, 2.45) is 0 Å². The molecule has 1 aliphatic rings. The second-order valence-corrected chi connectivity index (χ2v) is 5.14. The van der Waals surface area contributed by atoms with Crippen LogP contribution in [0.25, 0.3) is 0 Å². The van der Waals surface area contributed by atoms with Gasteiger partial charge < -0.3 is 4.74 Å². The number of carbonyl (C=O) groups excluding carboxylic acids is 3. The van der Waals surface area contributed by atoms with Crippen molar-refractivity contribution < 1.29 is 19.1 Å². The molecule has 4 nitrogen and oxygen atoms in total. The summed E-state index contributed by atoms with van der Waals surface area (Å²) in [5, 5.41) is 0. The highest BCUT2D eigenvalue weighted by molar-refractivity contribution is 6.12. The number of carbonyl (C=O) groups is 3. The van der Waals surface area contributed by atoms with Gasteiger partial charge in [-0.1, -0.05) is 29.8 Å². The molecule has 0 amide bonds. The molecule has 0 unspecified atom stereocenters. The quantitative estimate of drug-likeness (QED) is 0.610. The third-order valence-corrected chi connectivity index (χ3v) is 3.42. The lowest BCUT2D eigenvalue weighted by molar-refractivity contribution is -0.157. The summed E-state index contributed by atoms with van der Waals surface area (Å²) in [5.41, 5.74) is 2.36. The maximum Gasteiger partial charge on any atom is 0.306 e. The minimum absolute atomic E-state index is 0.195. The number of Topliss-reactive ketones (excluding diaryl/α,β-unsaturated/α-hetero) is 2. The van der Waals surface area contributed by atoms with E-state index in [1.54, 1.807) is 0 Å². The summed E-state index contributed by atoms with van der Waals surface area (Å²) >= 11 is 0. The highest BCUT2D eigenvalue weighted by atomic mass is 16.5. The van der Waals surface area contributed by atoms with Gasteiger partial charge in [0.05, 0.1) is 0 Å². The lowest BCUT2D eigenvalue weighted by Crippen LogP contribution is -2.28. The minimum atomic E-state index is -1.14. The molecule has 4 heteroatoms. The number of aryl methyl sites for hydroxylation is 2. The van der Waals surface area contributed by atoms with Crippen molar-refractivity contribution in [2.45, 2.75) is 45.1 Å². The number of ether oxygens (including phenoxy) is 1. The van der Waals surface area contributed by atoms with Crippen LogP contribution in [0, 0.1) is 6.92 Å². The molecule has 1 aromatic rings. The molecule has 106 valence electrons. The van der Waals surface area contributed by atoms with E-state index in [4.69, 9.17) is 4.74 Å². The van der Waals surface area contributed by atoms with Crippen LogP contribution in [0.15, 0.2) is 24.3 Å². The topological polar surface area (TPSA) is 60.4 Å². The number of rotatable bonds is 5. The van der Waals surface area contributed by atoms with Crippen molar-refractivity contribution in [3.8, 4) is 0 Å². The van der Waals surface area contributed by atoms with Crippen molar-refractivity contribution in [3.63, 3.8) is 0 Å². The van der Waals surface area contributed by atoms with Gasteiger partial charge in [0.25, 0.3) is 0 Å². The zero-order valence-electron chi connectivity index (χ0n) is 11.6. The summed E-state index contributed by atoms with van der Waals surface area (Å²) < 4.78 is 4.95. The predicted octanol–water partition coefficient (Wildman–Crippen LogP) is 2.16. The summed E-state index contributed by atoms with van der Waals surface area (Å²) in [7, 11) is 0. The van der Waals surface area contributed by atoms with Crippen LogP contribution < -0.4 is 0 Å². The van der Waals surface area contributed by atoms with Gasteiger partial charge in [-0.2, -0.15) is 0 Å². The maximum atomic E-state index is 11.6. The molecule has 0 bridgehead atoms. The van der Waals surface area contributed by atoms with Crippen LogP contribution in [-0.4, -0.2) is 23.6 Å². The molecule has 0 saturated heterocycles. The van der Waals surface area contributed by atoms with E-state index in [9.17, 15) is 14.4 Å². The standard InChI is InChI=1S/C16H18O4/c1-11-5-7-12(8-6-11)3-2-4-15(19)20-16-13(17)9-10-14(16)18/h5-8,16H,2-4,9-10H2,1H3. The lowest BCUT2D eigenvalue weighted by atomic mass is 10.1. The molecule has 1 saturated carbocycles. The van der Waals surface area contributed by atoms with Gasteiger partial charge in [-0.15, -0.1) is 0 Å². The van der Waals surface area contributed by atoms with Crippen LogP contribution >= 0.6 is 0 Å². The summed E-state index contributed by atoms with van der Waals surface area (Å²) in [6.07, 6.45) is 0.909. The Hall–Kier alpha value is -1.97. The van der Waals surface area contributed by atoms with Crippen LogP contribution in [0.4, 0.5) is 0 Å². The third-order valence-electron chi connectivity index (χ3n) is 3.42. The molecule has 1 aliphatic carbocycles. The van der Waals surface area contributed by atoms with E-state index >= 15 is 0 Å². The Bertz CT molecular complexity index is 500. The first-order valence-corrected chi connectivity index (χ1v) is 6.87. The zero-order chi connectivity index (χ0) is 14.5. The first-order valence-electron chi connectivity index (χ1n) is 6.87. The van der Waals surface area contributed by atoms with Gasteiger partial charge in [0, 0.05) is 19.3 Å². The average Bonchev–Trinajstić information content (AvgIpc) is 2.73. The Kier molecular flexibility index (Phi) is 4.66. The van der Waals surface area contributed by atoms with Crippen molar-refractivity contribution in [2.75, 3.05) is 0 Å².